The zero-order chi connectivity index (χ0) is 14.0. The highest BCUT2D eigenvalue weighted by Gasteiger charge is 2.12. The topological polar surface area (TPSA) is 60.2 Å². The van der Waals surface area contributed by atoms with Gasteiger partial charge in [0.05, 0.1) is 0 Å². The highest BCUT2D eigenvalue weighted by atomic mass is 32.2. The second-order valence-corrected chi connectivity index (χ2v) is 6.46. The van der Waals surface area contributed by atoms with E-state index in [0.29, 0.717) is 11.7 Å². The number of carbonyl (C=O) groups is 2. The highest BCUT2D eigenvalue weighted by molar-refractivity contribution is 8.13. The zero-order valence-electron chi connectivity index (χ0n) is 11.4. The molecule has 0 saturated carbocycles. The van der Waals surface area contributed by atoms with Crippen molar-refractivity contribution in [1.82, 2.24) is 0 Å². The Balaban J connectivity index is 3.50. The van der Waals surface area contributed by atoms with Crippen molar-refractivity contribution in [1.29, 1.82) is 0 Å². The quantitative estimate of drug-likeness (QED) is 0.480. The predicted molar refractivity (Wildman–Crippen MR) is 82.0 cm³/mol. The second kappa shape index (κ2) is 10.7. The van der Waals surface area contributed by atoms with Crippen molar-refractivity contribution in [2.45, 2.75) is 57.6 Å². The summed E-state index contributed by atoms with van der Waals surface area (Å²) in [7, 11) is 0. The highest BCUT2D eigenvalue weighted by Crippen LogP contribution is 2.19. The monoisotopic (exact) mass is 291 g/mol. The maximum absolute atomic E-state index is 11.6. The van der Waals surface area contributed by atoms with Crippen LogP contribution < -0.4 is 5.73 Å². The summed E-state index contributed by atoms with van der Waals surface area (Å²) in [6.45, 7) is 4.00. The van der Waals surface area contributed by atoms with E-state index in [2.05, 4.69) is 12.6 Å². The summed E-state index contributed by atoms with van der Waals surface area (Å²) >= 11 is 5.91. The SMILES string of the molecule is CCC(C)C(=O)SCCC(S)CCCCC(N)=O. The average Bonchev–Trinajstić information content (AvgIpc) is 2.33. The van der Waals surface area contributed by atoms with Crippen LogP contribution in [-0.4, -0.2) is 22.0 Å². The molecule has 0 aliphatic heterocycles. The molecule has 106 valence electrons. The van der Waals surface area contributed by atoms with Crippen LogP contribution in [0.1, 0.15) is 52.4 Å². The van der Waals surface area contributed by atoms with Gasteiger partial charge in [0.1, 0.15) is 0 Å². The first-order valence-electron chi connectivity index (χ1n) is 6.60. The van der Waals surface area contributed by atoms with E-state index < -0.39 is 0 Å². The standard InChI is InChI=1S/C13H25NO2S2/c1-3-10(2)13(16)18-9-8-11(17)6-4-5-7-12(14)15/h10-11,17H,3-9H2,1-2H3,(H2,14,15). The maximum atomic E-state index is 11.6. The Bertz CT molecular complexity index is 259. The molecule has 0 aromatic heterocycles. The van der Waals surface area contributed by atoms with Crippen molar-refractivity contribution < 1.29 is 9.59 Å². The Morgan fingerprint density at radius 1 is 1.28 bits per heavy atom. The molecule has 2 atom stereocenters. The van der Waals surface area contributed by atoms with Gasteiger partial charge < -0.3 is 5.73 Å². The number of amides is 1. The van der Waals surface area contributed by atoms with Gasteiger partial charge in [-0.1, -0.05) is 32.0 Å². The van der Waals surface area contributed by atoms with Crippen LogP contribution in [-0.2, 0) is 9.59 Å². The van der Waals surface area contributed by atoms with Crippen LogP contribution in [0.15, 0.2) is 0 Å². The van der Waals surface area contributed by atoms with E-state index in [1.165, 1.54) is 11.8 Å². The van der Waals surface area contributed by atoms with E-state index >= 15 is 0 Å². The minimum absolute atomic E-state index is 0.156. The number of carbonyl (C=O) groups excluding carboxylic acids is 2. The molecule has 0 aliphatic carbocycles. The summed E-state index contributed by atoms with van der Waals surface area (Å²) in [5.41, 5.74) is 5.07. The number of hydrogen-bond donors (Lipinski definition) is 2. The van der Waals surface area contributed by atoms with E-state index in [4.69, 9.17) is 5.73 Å². The molecule has 2 unspecified atom stereocenters. The van der Waals surface area contributed by atoms with E-state index in [9.17, 15) is 9.59 Å². The Hall–Kier alpha value is -0.160. The molecule has 0 aliphatic rings. The Kier molecular flexibility index (Phi) is 10.6. The molecule has 0 aromatic rings. The third kappa shape index (κ3) is 9.83. The van der Waals surface area contributed by atoms with Crippen molar-refractivity contribution in [3.63, 3.8) is 0 Å². The number of primary amides is 1. The van der Waals surface area contributed by atoms with Gasteiger partial charge in [0.2, 0.25) is 5.91 Å². The van der Waals surface area contributed by atoms with Gasteiger partial charge in [-0.15, -0.1) is 0 Å². The molecule has 0 saturated heterocycles. The van der Waals surface area contributed by atoms with Gasteiger partial charge in [0, 0.05) is 23.3 Å². The summed E-state index contributed by atoms with van der Waals surface area (Å²) in [6, 6.07) is 0. The lowest BCUT2D eigenvalue weighted by molar-refractivity contribution is -0.118. The smallest absolute Gasteiger partial charge is 0.217 e. The van der Waals surface area contributed by atoms with Crippen molar-refractivity contribution in [2.75, 3.05) is 5.75 Å². The van der Waals surface area contributed by atoms with Gasteiger partial charge in [-0.3, -0.25) is 9.59 Å². The minimum Gasteiger partial charge on any atom is -0.370 e. The number of rotatable bonds is 10. The number of thioether (sulfide) groups is 1. The summed E-state index contributed by atoms with van der Waals surface area (Å²) < 4.78 is 0. The first-order valence-corrected chi connectivity index (χ1v) is 8.10. The normalized spacial score (nSPS) is 14.2. The molecule has 0 heterocycles. The summed E-state index contributed by atoms with van der Waals surface area (Å²) in [6.07, 6.45) is 5.10. The van der Waals surface area contributed by atoms with E-state index in [1.807, 2.05) is 13.8 Å². The lowest BCUT2D eigenvalue weighted by Crippen LogP contribution is -2.10. The molecule has 0 radical (unpaired) electrons. The Morgan fingerprint density at radius 2 is 1.94 bits per heavy atom. The van der Waals surface area contributed by atoms with Gasteiger partial charge in [-0.05, 0) is 25.7 Å². The summed E-state index contributed by atoms with van der Waals surface area (Å²) in [4.78, 5) is 22.1. The molecule has 1 amide bonds. The maximum Gasteiger partial charge on any atom is 0.217 e. The molecular formula is C13H25NO2S2. The first-order chi connectivity index (χ1) is 8.47. The van der Waals surface area contributed by atoms with E-state index in [0.717, 1.165) is 37.9 Å². The van der Waals surface area contributed by atoms with Crippen LogP contribution in [0.5, 0.6) is 0 Å². The van der Waals surface area contributed by atoms with Gasteiger partial charge in [-0.2, -0.15) is 12.6 Å². The van der Waals surface area contributed by atoms with E-state index in [-0.39, 0.29) is 16.9 Å². The molecule has 18 heavy (non-hydrogen) atoms. The third-order valence-electron chi connectivity index (χ3n) is 2.92. The lowest BCUT2D eigenvalue weighted by atomic mass is 10.1. The van der Waals surface area contributed by atoms with Crippen LogP contribution in [0, 0.1) is 5.92 Å². The second-order valence-electron chi connectivity index (χ2n) is 4.63. The van der Waals surface area contributed by atoms with Gasteiger partial charge in [0.25, 0.3) is 0 Å². The fourth-order valence-corrected chi connectivity index (χ4v) is 2.97. The van der Waals surface area contributed by atoms with Crippen LogP contribution >= 0.6 is 24.4 Å². The number of nitrogens with two attached hydrogens (primary N) is 1. The molecular weight excluding hydrogens is 266 g/mol. The first kappa shape index (κ1) is 17.8. The molecule has 2 N–H and O–H groups in total. The number of hydrogen-bond acceptors (Lipinski definition) is 4. The molecule has 0 spiro atoms. The van der Waals surface area contributed by atoms with E-state index in [1.54, 1.807) is 0 Å². The van der Waals surface area contributed by atoms with Gasteiger partial charge >= 0.3 is 0 Å². The van der Waals surface area contributed by atoms with Crippen molar-refractivity contribution >= 4 is 35.4 Å². The molecule has 0 rings (SSSR count). The number of unbranched alkanes of at least 4 members (excludes halogenated alkanes) is 1. The number of thiol groups is 1. The molecule has 3 nitrogen and oxygen atoms in total. The van der Waals surface area contributed by atoms with Crippen LogP contribution in [0.4, 0.5) is 0 Å². The predicted octanol–water partition coefficient (Wildman–Crippen LogP) is 3.03. The molecule has 0 aromatic carbocycles. The molecule has 0 bridgehead atoms. The lowest BCUT2D eigenvalue weighted by Gasteiger charge is -2.11. The largest absolute Gasteiger partial charge is 0.370 e. The van der Waals surface area contributed by atoms with Crippen molar-refractivity contribution in [3.05, 3.63) is 0 Å². The summed E-state index contributed by atoms with van der Waals surface area (Å²) in [5.74, 6) is 0.761. The fourth-order valence-electron chi connectivity index (χ4n) is 1.43. The van der Waals surface area contributed by atoms with Crippen molar-refractivity contribution in [3.8, 4) is 0 Å². The minimum atomic E-state index is -0.236. The van der Waals surface area contributed by atoms with Crippen molar-refractivity contribution in [2.24, 2.45) is 11.7 Å². The van der Waals surface area contributed by atoms with Gasteiger partial charge in [0.15, 0.2) is 5.12 Å². The van der Waals surface area contributed by atoms with Crippen LogP contribution in [0.2, 0.25) is 0 Å². The third-order valence-corrected chi connectivity index (χ3v) is 4.56. The fraction of sp³-hybridized carbons (Fsp3) is 0.846. The van der Waals surface area contributed by atoms with Gasteiger partial charge in [-0.25, -0.2) is 0 Å². The Morgan fingerprint density at radius 3 is 2.50 bits per heavy atom. The average molecular weight is 291 g/mol. The Labute approximate surface area is 120 Å². The van der Waals surface area contributed by atoms with Crippen LogP contribution in [0.25, 0.3) is 0 Å². The zero-order valence-corrected chi connectivity index (χ0v) is 13.1. The molecule has 0 fully saturated rings. The van der Waals surface area contributed by atoms with Crippen LogP contribution in [0.3, 0.4) is 0 Å². The molecule has 5 heteroatoms. The summed E-state index contributed by atoms with van der Waals surface area (Å²) in [5, 5.41) is 0.599.